The number of carboxylic acids is 1. The number of nitrogens with zero attached hydrogens (tertiary/aromatic N) is 1. The lowest BCUT2D eigenvalue weighted by atomic mass is 10.1. The monoisotopic (exact) mass is 239 g/mol. The zero-order valence-corrected chi connectivity index (χ0v) is 9.07. The smallest absolute Gasteiger partial charge is 0.335 e. The maximum Gasteiger partial charge on any atom is 0.335 e. The summed E-state index contributed by atoms with van der Waals surface area (Å²) in [5.74, 6) is -1.99. The van der Waals surface area contributed by atoms with Crippen LogP contribution in [0, 0.1) is 11.3 Å². The van der Waals surface area contributed by atoms with Crippen molar-refractivity contribution in [3.05, 3.63) is 35.4 Å². The number of rotatable bonds is 4. The Morgan fingerprint density at radius 2 is 2.12 bits per heavy atom. The van der Waals surface area contributed by atoms with Crippen molar-refractivity contribution >= 4 is 15.8 Å². The predicted octanol–water partition coefficient (Wildman–Crippen LogP) is 0.823. The maximum atomic E-state index is 11.3. The molecule has 0 fully saturated rings. The number of nitriles is 1. The molecule has 0 aromatic heterocycles. The van der Waals surface area contributed by atoms with E-state index in [2.05, 4.69) is 0 Å². The van der Waals surface area contributed by atoms with Gasteiger partial charge in [0, 0.05) is 0 Å². The van der Waals surface area contributed by atoms with Gasteiger partial charge in [-0.2, -0.15) is 5.26 Å². The van der Waals surface area contributed by atoms with Gasteiger partial charge in [-0.1, -0.05) is 12.1 Å². The van der Waals surface area contributed by atoms with Crippen molar-refractivity contribution in [1.29, 1.82) is 5.26 Å². The number of carbonyl (C=O) groups is 1. The number of benzene rings is 1. The normalized spacial score (nSPS) is 10.7. The van der Waals surface area contributed by atoms with E-state index in [-0.39, 0.29) is 11.3 Å². The second-order valence-electron chi connectivity index (χ2n) is 3.20. The molecule has 1 N–H and O–H groups in total. The minimum atomic E-state index is -3.48. The largest absolute Gasteiger partial charge is 0.478 e. The SMILES string of the molecule is N#CCS(=O)(=O)Cc1cccc(C(=O)O)c1. The maximum absolute atomic E-state index is 11.3. The summed E-state index contributed by atoms with van der Waals surface area (Å²) in [6.07, 6.45) is 0. The van der Waals surface area contributed by atoms with Crippen LogP contribution in [0.25, 0.3) is 0 Å². The standard InChI is InChI=1S/C10H9NO4S/c11-4-5-16(14,15)7-8-2-1-3-9(6-8)10(12)13/h1-3,6H,5,7H2,(H,12,13). The zero-order valence-electron chi connectivity index (χ0n) is 8.25. The Balaban J connectivity index is 2.95. The van der Waals surface area contributed by atoms with Gasteiger partial charge >= 0.3 is 5.97 Å². The first-order valence-corrected chi connectivity index (χ1v) is 6.16. The van der Waals surface area contributed by atoms with Crippen LogP contribution in [0.4, 0.5) is 0 Å². The summed E-state index contributed by atoms with van der Waals surface area (Å²) in [5, 5.41) is 17.0. The summed E-state index contributed by atoms with van der Waals surface area (Å²) in [6, 6.07) is 7.22. The molecule has 1 aromatic rings. The first-order valence-electron chi connectivity index (χ1n) is 4.34. The Bertz CT molecular complexity index is 542. The molecule has 0 radical (unpaired) electrons. The minimum Gasteiger partial charge on any atom is -0.478 e. The molecule has 0 amide bonds. The van der Waals surface area contributed by atoms with E-state index in [1.54, 1.807) is 6.07 Å². The third kappa shape index (κ3) is 3.37. The number of hydrogen-bond acceptors (Lipinski definition) is 4. The topological polar surface area (TPSA) is 95.2 Å². The number of sulfone groups is 1. The molecular formula is C10H9NO4S. The molecule has 0 spiro atoms. The highest BCUT2D eigenvalue weighted by Crippen LogP contribution is 2.09. The molecule has 0 atom stereocenters. The summed E-state index contributed by atoms with van der Waals surface area (Å²) in [4.78, 5) is 10.6. The Morgan fingerprint density at radius 3 is 2.69 bits per heavy atom. The third-order valence-corrected chi connectivity index (χ3v) is 3.19. The highest BCUT2D eigenvalue weighted by Gasteiger charge is 2.12. The molecule has 6 heteroatoms. The number of carboxylic acid groups (broad SMARTS) is 1. The van der Waals surface area contributed by atoms with Crippen LogP contribution in [0.15, 0.2) is 24.3 Å². The van der Waals surface area contributed by atoms with E-state index < -0.39 is 21.6 Å². The van der Waals surface area contributed by atoms with Crippen molar-refractivity contribution in [2.24, 2.45) is 0 Å². The molecule has 1 aromatic carbocycles. The molecule has 0 aliphatic heterocycles. The molecule has 1 rings (SSSR count). The molecular weight excluding hydrogens is 230 g/mol. The Labute approximate surface area is 92.9 Å². The van der Waals surface area contributed by atoms with Crippen LogP contribution >= 0.6 is 0 Å². The van der Waals surface area contributed by atoms with Gasteiger partial charge in [0.1, 0.15) is 5.75 Å². The molecule has 0 aliphatic rings. The van der Waals surface area contributed by atoms with Crippen LogP contribution < -0.4 is 0 Å². The fourth-order valence-corrected chi connectivity index (χ4v) is 2.18. The van der Waals surface area contributed by atoms with Gasteiger partial charge in [0.05, 0.1) is 17.4 Å². The first kappa shape index (κ1) is 12.2. The molecule has 0 saturated carbocycles. The van der Waals surface area contributed by atoms with Gasteiger partial charge < -0.3 is 5.11 Å². The lowest BCUT2D eigenvalue weighted by Gasteiger charge is -2.01. The molecule has 0 aliphatic carbocycles. The molecule has 0 heterocycles. The average Bonchev–Trinajstić information content (AvgIpc) is 2.17. The second kappa shape index (κ2) is 4.77. The van der Waals surface area contributed by atoms with E-state index in [9.17, 15) is 13.2 Å². The average molecular weight is 239 g/mol. The van der Waals surface area contributed by atoms with Crippen molar-refractivity contribution in [3.8, 4) is 6.07 Å². The lowest BCUT2D eigenvalue weighted by molar-refractivity contribution is 0.0696. The van der Waals surface area contributed by atoms with Crippen LogP contribution in [-0.4, -0.2) is 25.2 Å². The van der Waals surface area contributed by atoms with Crippen molar-refractivity contribution in [2.75, 3.05) is 5.75 Å². The van der Waals surface area contributed by atoms with Crippen LogP contribution in [0.3, 0.4) is 0 Å². The summed E-state index contributed by atoms with van der Waals surface area (Å²) in [6.45, 7) is 0. The van der Waals surface area contributed by atoms with Gasteiger partial charge in [0.15, 0.2) is 9.84 Å². The van der Waals surface area contributed by atoms with Crippen LogP contribution in [-0.2, 0) is 15.6 Å². The highest BCUT2D eigenvalue weighted by atomic mass is 32.2. The van der Waals surface area contributed by atoms with Gasteiger partial charge in [-0.15, -0.1) is 0 Å². The summed E-state index contributed by atoms with van der Waals surface area (Å²) in [5.41, 5.74) is 0.403. The van der Waals surface area contributed by atoms with Crippen LogP contribution in [0.1, 0.15) is 15.9 Å². The van der Waals surface area contributed by atoms with Crippen LogP contribution in [0.5, 0.6) is 0 Å². The molecule has 16 heavy (non-hydrogen) atoms. The quantitative estimate of drug-likeness (QED) is 0.839. The first-order chi connectivity index (χ1) is 7.44. The number of hydrogen-bond donors (Lipinski definition) is 1. The van der Waals surface area contributed by atoms with E-state index >= 15 is 0 Å². The van der Waals surface area contributed by atoms with E-state index in [0.29, 0.717) is 5.56 Å². The van der Waals surface area contributed by atoms with E-state index in [1.165, 1.54) is 24.3 Å². The molecule has 0 unspecified atom stereocenters. The van der Waals surface area contributed by atoms with Crippen molar-refractivity contribution in [2.45, 2.75) is 5.75 Å². The third-order valence-electron chi connectivity index (χ3n) is 1.84. The van der Waals surface area contributed by atoms with Crippen LogP contribution in [0.2, 0.25) is 0 Å². The summed E-state index contributed by atoms with van der Waals surface area (Å²) < 4.78 is 22.6. The molecule has 0 saturated heterocycles. The van der Waals surface area contributed by atoms with E-state index in [0.717, 1.165) is 0 Å². The van der Waals surface area contributed by atoms with Gasteiger partial charge in [-0.05, 0) is 17.7 Å². The predicted molar refractivity (Wildman–Crippen MR) is 56.5 cm³/mol. The lowest BCUT2D eigenvalue weighted by Crippen LogP contribution is -2.08. The highest BCUT2D eigenvalue weighted by molar-refractivity contribution is 7.90. The summed E-state index contributed by atoms with van der Waals surface area (Å²) >= 11 is 0. The second-order valence-corrected chi connectivity index (χ2v) is 5.26. The Hall–Kier alpha value is -1.87. The zero-order chi connectivity index (χ0) is 12.2. The van der Waals surface area contributed by atoms with E-state index in [1.807, 2.05) is 0 Å². The molecule has 5 nitrogen and oxygen atoms in total. The van der Waals surface area contributed by atoms with Crippen molar-refractivity contribution in [3.63, 3.8) is 0 Å². The van der Waals surface area contributed by atoms with Gasteiger partial charge in [-0.25, -0.2) is 13.2 Å². The summed E-state index contributed by atoms with van der Waals surface area (Å²) in [7, 11) is -3.48. The van der Waals surface area contributed by atoms with E-state index in [4.69, 9.17) is 10.4 Å². The Morgan fingerprint density at radius 1 is 1.44 bits per heavy atom. The van der Waals surface area contributed by atoms with Crippen molar-refractivity contribution < 1.29 is 18.3 Å². The van der Waals surface area contributed by atoms with Gasteiger partial charge in [-0.3, -0.25) is 0 Å². The fraction of sp³-hybridized carbons (Fsp3) is 0.200. The van der Waals surface area contributed by atoms with Crippen molar-refractivity contribution in [1.82, 2.24) is 0 Å². The fourth-order valence-electron chi connectivity index (χ4n) is 1.20. The van der Waals surface area contributed by atoms with Gasteiger partial charge in [0.25, 0.3) is 0 Å². The molecule has 84 valence electrons. The molecule has 0 bridgehead atoms. The minimum absolute atomic E-state index is 0.0321. The van der Waals surface area contributed by atoms with Gasteiger partial charge in [0.2, 0.25) is 0 Å². The number of aromatic carboxylic acids is 1. The Kier molecular flexibility index (Phi) is 3.64.